The Kier molecular flexibility index (Phi) is 8.68. The molecule has 1 saturated carbocycles. The molecule has 0 aliphatic heterocycles. The van der Waals surface area contributed by atoms with E-state index in [0.29, 0.717) is 17.2 Å². The molecule has 11 heteroatoms. The van der Waals surface area contributed by atoms with E-state index in [-0.39, 0.29) is 31.2 Å². The average molecular weight is 544 g/mol. The van der Waals surface area contributed by atoms with Gasteiger partial charge in [0.25, 0.3) is 5.91 Å². The fourth-order valence-corrected chi connectivity index (χ4v) is 4.75. The Hall–Kier alpha value is -4.15. The Labute approximate surface area is 222 Å². The normalized spacial score (nSPS) is 17.4. The van der Waals surface area contributed by atoms with Crippen molar-refractivity contribution in [1.82, 2.24) is 10.3 Å². The molecule has 206 valence electrons. The summed E-state index contributed by atoms with van der Waals surface area (Å²) in [6.07, 6.45) is -1.29. The van der Waals surface area contributed by atoms with Gasteiger partial charge in [0.15, 0.2) is 5.69 Å². The third-order valence-electron chi connectivity index (χ3n) is 6.74. The maximum Gasteiger partial charge on any atom is 0.437 e. The van der Waals surface area contributed by atoms with Gasteiger partial charge in [0.1, 0.15) is 0 Å². The van der Waals surface area contributed by atoms with Crippen molar-refractivity contribution in [3.8, 4) is 11.5 Å². The summed E-state index contributed by atoms with van der Waals surface area (Å²) in [6, 6.07) is 15.3. The van der Waals surface area contributed by atoms with Crippen LogP contribution in [0.25, 0.3) is 11.5 Å². The minimum Gasteiger partial charge on any atom is -0.481 e. The standard InChI is InChI=1S/C28H28F3N3O5/c29-28(30,31)25-24(39-27(34-25)20-4-2-1-3-5-20)26(38)32-15-14-22(35)33-21-12-10-19(11-13-21)18-8-6-17(7-9-18)16-23(36)37/h1-5,10-13,17-18H,6-9,14-16H2,(H,32,38)(H,33,35)(H,36,37)/t17-,18-. The molecule has 1 heterocycles. The Bertz CT molecular complexity index is 1300. The zero-order valence-corrected chi connectivity index (χ0v) is 21.0. The predicted molar refractivity (Wildman–Crippen MR) is 136 cm³/mol. The molecule has 0 bridgehead atoms. The van der Waals surface area contributed by atoms with Crippen molar-refractivity contribution >= 4 is 23.5 Å². The molecule has 1 fully saturated rings. The van der Waals surface area contributed by atoms with Crippen LogP contribution in [0.5, 0.6) is 0 Å². The van der Waals surface area contributed by atoms with Crippen LogP contribution in [0.2, 0.25) is 0 Å². The van der Waals surface area contributed by atoms with E-state index in [1.165, 1.54) is 12.1 Å². The summed E-state index contributed by atoms with van der Waals surface area (Å²) in [5, 5.41) is 14.0. The fourth-order valence-electron chi connectivity index (χ4n) is 4.75. The lowest BCUT2D eigenvalue weighted by Crippen LogP contribution is -2.29. The molecular formula is C28H28F3N3O5. The third-order valence-corrected chi connectivity index (χ3v) is 6.74. The van der Waals surface area contributed by atoms with Gasteiger partial charge in [-0.05, 0) is 67.3 Å². The molecule has 1 aliphatic carbocycles. The number of hydrogen-bond donors (Lipinski definition) is 3. The molecule has 3 N–H and O–H groups in total. The molecule has 0 unspecified atom stereocenters. The highest BCUT2D eigenvalue weighted by atomic mass is 19.4. The maximum atomic E-state index is 13.5. The van der Waals surface area contributed by atoms with E-state index >= 15 is 0 Å². The van der Waals surface area contributed by atoms with E-state index in [1.807, 2.05) is 12.1 Å². The molecule has 0 saturated heterocycles. The number of hydrogen-bond acceptors (Lipinski definition) is 5. The number of nitrogens with one attached hydrogen (secondary N) is 2. The monoisotopic (exact) mass is 543 g/mol. The highest BCUT2D eigenvalue weighted by molar-refractivity contribution is 5.94. The van der Waals surface area contributed by atoms with Crippen molar-refractivity contribution in [2.75, 3.05) is 11.9 Å². The van der Waals surface area contributed by atoms with Gasteiger partial charge in [-0.3, -0.25) is 14.4 Å². The lowest BCUT2D eigenvalue weighted by Gasteiger charge is -2.28. The molecule has 0 atom stereocenters. The summed E-state index contributed by atoms with van der Waals surface area (Å²) >= 11 is 0. The fraction of sp³-hybridized carbons (Fsp3) is 0.357. The maximum absolute atomic E-state index is 13.5. The summed E-state index contributed by atoms with van der Waals surface area (Å²) in [5.74, 6) is -3.04. The Balaban J connectivity index is 1.27. The van der Waals surface area contributed by atoms with E-state index in [1.54, 1.807) is 30.3 Å². The summed E-state index contributed by atoms with van der Waals surface area (Å²) in [7, 11) is 0. The number of carboxylic acids is 1. The van der Waals surface area contributed by atoms with E-state index < -0.39 is 35.4 Å². The van der Waals surface area contributed by atoms with Crippen molar-refractivity contribution in [3.05, 3.63) is 71.6 Å². The molecule has 1 aromatic heterocycles. The molecular weight excluding hydrogens is 515 g/mol. The second-order valence-corrected chi connectivity index (χ2v) is 9.55. The smallest absolute Gasteiger partial charge is 0.437 e. The lowest BCUT2D eigenvalue weighted by molar-refractivity contribution is -0.141. The Morgan fingerprint density at radius 3 is 2.26 bits per heavy atom. The van der Waals surface area contributed by atoms with Crippen LogP contribution >= 0.6 is 0 Å². The number of amides is 2. The molecule has 0 radical (unpaired) electrons. The molecule has 4 rings (SSSR count). The summed E-state index contributed by atoms with van der Waals surface area (Å²) < 4.78 is 45.5. The van der Waals surface area contributed by atoms with Crippen LogP contribution in [-0.2, 0) is 15.8 Å². The second-order valence-electron chi connectivity index (χ2n) is 9.55. The van der Waals surface area contributed by atoms with Crippen LogP contribution in [0.3, 0.4) is 0 Å². The predicted octanol–water partition coefficient (Wildman–Crippen LogP) is 5.87. The van der Waals surface area contributed by atoms with Crippen LogP contribution in [0, 0.1) is 5.92 Å². The molecule has 8 nitrogen and oxygen atoms in total. The largest absolute Gasteiger partial charge is 0.481 e. The highest BCUT2D eigenvalue weighted by Gasteiger charge is 2.41. The first kappa shape index (κ1) is 27.9. The van der Waals surface area contributed by atoms with Crippen molar-refractivity contribution in [1.29, 1.82) is 0 Å². The number of anilines is 1. The van der Waals surface area contributed by atoms with Crippen molar-refractivity contribution in [2.24, 2.45) is 5.92 Å². The van der Waals surface area contributed by atoms with Crippen LogP contribution in [0.15, 0.2) is 59.0 Å². The number of carbonyl (C=O) groups is 3. The first-order valence-electron chi connectivity index (χ1n) is 12.6. The number of oxazole rings is 1. The number of carboxylic acid groups (broad SMARTS) is 1. The van der Waals surface area contributed by atoms with Crippen molar-refractivity contribution in [3.63, 3.8) is 0 Å². The number of halogens is 3. The molecule has 2 amide bonds. The average Bonchev–Trinajstić information content (AvgIpc) is 3.37. The minimum atomic E-state index is -4.90. The van der Waals surface area contributed by atoms with Gasteiger partial charge in [0, 0.05) is 30.6 Å². The number of benzene rings is 2. The van der Waals surface area contributed by atoms with Gasteiger partial charge in [-0.15, -0.1) is 0 Å². The molecule has 3 aromatic rings. The van der Waals surface area contributed by atoms with Crippen molar-refractivity contribution < 1.29 is 37.1 Å². The summed E-state index contributed by atoms with van der Waals surface area (Å²) in [5.41, 5.74) is 0.533. The summed E-state index contributed by atoms with van der Waals surface area (Å²) in [6.45, 7) is -0.207. The minimum absolute atomic E-state index is 0.165. The second kappa shape index (κ2) is 12.1. The Morgan fingerprint density at radius 1 is 0.974 bits per heavy atom. The van der Waals surface area contributed by atoms with Gasteiger partial charge >= 0.3 is 12.1 Å². The van der Waals surface area contributed by atoms with Crippen LogP contribution < -0.4 is 10.6 Å². The van der Waals surface area contributed by atoms with E-state index in [9.17, 15) is 27.6 Å². The van der Waals surface area contributed by atoms with Gasteiger partial charge in [-0.2, -0.15) is 13.2 Å². The van der Waals surface area contributed by atoms with Gasteiger partial charge in [0.05, 0.1) is 0 Å². The topological polar surface area (TPSA) is 122 Å². The quantitative estimate of drug-likeness (QED) is 0.311. The molecule has 39 heavy (non-hydrogen) atoms. The number of aliphatic carboxylic acids is 1. The number of alkyl halides is 3. The van der Waals surface area contributed by atoms with Gasteiger partial charge in [-0.1, -0.05) is 30.3 Å². The zero-order chi connectivity index (χ0) is 28.0. The lowest BCUT2D eigenvalue weighted by atomic mass is 9.77. The van der Waals surface area contributed by atoms with Crippen LogP contribution in [0.1, 0.15) is 66.3 Å². The van der Waals surface area contributed by atoms with Gasteiger partial charge in [-0.25, -0.2) is 4.98 Å². The zero-order valence-electron chi connectivity index (χ0n) is 21.0. The van der Waals surface area contributed by atoms with Crippen LogP contribution in [-0.4, -0.2) is 34.4 Å². The Morgan fingerprint density at radius 2 is 1.64 bits per heavy atom. The molecule has 0 spiro atoms. The first-order chi connectivity index (χ1) is 18.6. The van der Waals surface area contributed by atoms with E-state index in [4.69, 9.17) is 9.52 Å². The van der Waals surface area contributed by atoms with Crippen molar-refractivity contribution in [2.45, 2.75) is 50.6 Å². The number of carbonyl (C=O) groups excluding carboxylic acids is 2. The van der Waals surface area contributed by atoms with E-state index in [2.05, 4.69) is 15.6 Å². The van der Waals surface area contributed by atoms with E-state index in [0.717, 1.165) is 31.2 Å². The van der Waals surface area contributed by atoms with Gasteiger partial charge < -0.3 is 20.2 Å². The van der Waals surface area contributed by atoms with Gasteiger partial charge in [0.2, 0.25) is 17.6 Å². The molecule has 1 aliphatic rings. The number of rotatable bonds is 9. The highest BCUT2D eigenvalue weighted by Crippen LogP contribution is 2.37. The van der Waals surface area contributed by atoms with Crippen LogP contribution in [0.4, 0.5) is 18.9 Å². The first-order valence-corrected chi connectivity index (χ1v) is 12.6. The number of nitrogens with zero attached hydrogens (tertiary/aromatic N) is 1. The SMILES string of the molecule is O=C(O)C[C@H]1CC[C@H](c2ccc(NC(=O)CCNC(=O)c3oc(-c4ccccc4)nc3C(F)(F)F)cc2)CC1. The summed E-state index contributed by atoms with van der Waals surface area (Å²) in [4.78, 5) is 39.2. The third kappa shape index (κ3) is 7.46. The molecule has 2 aromatic carbocycles. The number of aromatic nitrogens is 1.